The predicted octanol–water partition coefficient (Wildman–Crippen LogP) is 1.16. The van der Waals surface area contributed by atoms with Crippen LogP contribution in [0.4, 0.5) is 0 Å². The first-order chi connectivity index (χ1) is 5.81. The number of rotatable bonds is 2. The molecule has 2 fully saturated rings. The van der Waals surface area contributed by atoms with Gasteiger partial charge in [0.15, 0.2) is 0 Å². The molecule has 1 saturated carbocycles. The van der Waals surface area contributed by atoms with Crippen molar-refractivity contribution in [3.8, 4) is 0 Å². The maximum Gasteiger partial charge on any atom is 0.123 e. The second-order valence-corrected chi connectivity index (χ2v) is 4.34. The smallest absolute Gasteiger partial charge is 0.123 e. The number of hydrogen-bond acceptors (Lipinski definition) is 2. The predicted molar refractivity (Wildman–Crippen MR) is 47.9 cm³/mol. The van der Waals surface area contributed by atoms with Crippen LogP contribution in [0.3, 0.4) is 0 Å². The van der Waals surface area contributed by atoms with Crippen molar-refractivity contribution in [3.05, 3.63) is 0 Å². The minimum atomic E-state index is 0.429. The zero-order valence-corrected chi connectivity index (χ0v) is 7.70. The maximum absolute atomic E-state index is 10.5. The van der Waals surface area contributed by atoms with E-state index in [2.05, 4.69) is 11.9 Å². The van der Waals surface area contributed by atoms with Crippen molar-refractivity contribution in [1.82, 2.24) is 4.90 Å². The van der Waals surface area contributed by atoms with E-state index in [9.17, 15) is 4.79 Å². The zero-order chi connectivity index (χ0) is 8.55. The van der Waals surface area contributed by atoms with Gasteiger partial charge < -0.3 is 9.69 Å². The van der Waals surface area contributed by atoms with E-state index in [1.165, 1.54) is 32.4 Å². The largest absolute Gasteiger partial charge is 0.306 e. The molecule has 0 aromatic heterocycles. The fraction of sp³-hybridized carbons (Fsp3) is 0.900. The van der Waals surface area contributed by atoms with Crippen LogP contribution in [0.15, 0.2) is 0 Å². The molecule has 1 heterocycles. The quantitative estimate of drug-likeness (QED) is 0.575. The Morgan fingerprint density at radius 1 is 1.33 bits per heavy atom. The van der Waals surface area contributed by atoms with E-state index in [4.69, 9.17) is 0 Å². The Morgan fingerprint density at radius 2 is 2.00 bits per heavy atom. The van der Waals surface area contributed by atoms with Crippen LogP contribution in [0.2, 0.25) is 0 Å². The molecule has 2 aliphatic rings. The minimum Gasteiger partial charge on any atom is -0.306 e. The number of likely N-dealkylation sites (tertiary alicyclic amines) is 1. The summed E-state index contributed by atoms with van der Waals surface area (Å²) in [5, 5.41) is 0. The fourth-order valence-corrected chi connectivity index (χ4v) is 2.39. The lowest BCUT2D eigenvalue weighted by atomic mass is 9.91. The van der Waals surface area contributed by atoms with E-state index in [0.29, 0.717) is 5.92 Å². The maximum atomic E-state index is 10.5. The molecular weight excluding hydrogens is 150 g/mol. The Kier molecular flexibility index (Phi) is 2.18. The monoisotopic (exact) mass is 167 g/mol. The standard InChI is InChI=1S/C10H17NO/c1-11-4-2-8(3-5-11)10-6-9(10)7-12/h7-10H,2-6H2,1H3/t9-,10-/m1/s1. The van der Waals surface area contributed by atoms with E-state index in [0.717, 1.165) is 18.1 Å². The molecule has 0 aromatic rings. The van der Waals surface area contributed by atoms with Gasteiger partial charge in [-0.15, -0.1) is 0 Å². The van der Waals surface area contributed by atoms with Gasteiger partial charge in [0.25, 0.3) is 0 Å². The molecule has 12 heavy (non-hydrogen) atoms. The SMILES string of the molecule is CN1CCC([C@H]2C[C@@H]2C=O)CC1. The van der Waals surface area contributed by atoms with E-state index in [1.54, 1.807) is 0 Å². The molecule has 2 rings (SSSR count). The third kappa shape index (κ3) is 1.53. The van der Waals surface area contributed by atoms with Gasteiger partial charge in [-0.05, 0) is 51.2 Å². The summed E-state index contributed by atoms with van der Waals surface area (Å²) in [6.45, 7) is 2.46. The molecule has 2 atom stereocenters. The molecule has 0 unspecified atom stereocenters. The van der Waals surface area contributed by atoms with Crippen LogP contribution in [0.25, 0.3) is 0 Å². The van der Waals surface area contributed by atoms with Crippen molar-refractivity contribution in [3.63, 3.8) is 0 Å². The summed E-state index contributed by atoms with van der Waals surface area (Å²) in [5.41, 5.74) is 0. The highest BCUT2D eigenvalue weighted by molar-refractivity contribution is 5.58. The van der Waals surface area contributed by atoms with Crippen LogP contribution < -0.4 is 0 Å². The summed E-state index contributed by atoms with van der Waals surface area (Å²) in [6, 6.07) is 0. The van der Waals surface area contributed by atoms with E-state index in [-0.39, 0.29) is 0 Å². The third-order valence-electron chi connectivity index (χ3n) is 3.43. The molecule has 2 nitrogen and oxygen atoms in total. The Balaban J connectivity index is 1.79. The first kappa shape index (κ1) is 8.24. The Bertz CT molecular complexity index is 173. The third-order valence-corrected chi connectivity index (χ3v) is 3.43. The van der Waals surface area contributed by atoms with Crippen LogP contribution in [0.1, 0.15) is 19.3 Å². The molecule has 0 aromatic carbocycles. The number of piperidine rings is 1. The van der Waals surface area contributed by atoms with Gasteiger partial charge >= 0.3 is 0 Å². The molecule has 0 amide bonds. The molecular formula is C10H17NO. The Hall–Kier alpha value is -0.370. The molecule has 1 aliphatic heterocycles. The zero-order valence-electron chi connectivity index (χ0n) is 7.70. The van der Waals surface area contributed by atoms with Gasteiger partial charge in [0.1, 0.15) is 6.29 Å². The highest BCUT2D eigenvalue weighted by atomic mass is 16.1. The van der Waals surface area contributed by atoms with Crippen LogP contribution >= 0.6 is 0 Å². The Morgan fingerprint density at radius 3 is 2.50 bits per heavy atom. The first-order valence-electron chi connectivity index (χ1n) is 4.95. The van der Waals surface area contributed by atoms with Gasteiger partial charge in [-0.1, -0.05) is 0 Å². The minimum absolute atomic E-state index is 0.429. The molecule has 0 bridgehead atoms. The number of carbonyl (C=O) groups is 1. The summed E-state index contributed by atoms with van der Waals surface area (Å²) in [6.07, 6.45) is 4.96. The molecule has 2 heteroatoms. The van der Waals surface area contributed by atoms with E-state index in [1.807, 2.05) is 0 Å². The second-order valence-electron chi connectivity index (χ2n) is 4.34. The van der Waals surface area contributed by atoms with Gasteiger partial charge in [-0.3, -0.25) is 0 Å². The number of aldehydes is 1. The molecule has 68 valence electrons. The normalized spacial score (nSPS) is 38.1. The lowest BCUT2D eigenvalue weighted by Gasteiger charge is -2.28. The van der Waals surface area contributed by atoms with Gasteiger partial charge in [0.05, 0.1) is 0 Å². The van der Waals surface area contributed by atoms with Gasteiger partial charge in [-0.25, -0.2) is 0 Å². The molecule has 1 aliphatic carbocycles. The van der Waals surface area contributed by atoms with Crippen LogP contribution in [-0.2, 0) is 4.79 Å². The summed E-state index contributed by atoms with van der Waals surface area (Å²) in [4.78, 5) is 12.9. The summed E-state index contributed by atoms with van der Waals surface area (Å²) in [5.74, 6) is 2.05. The molecule has 1 saturated heterocycles. The van der Waals surface area contributed by atoms with Crippen molar-refractivity contribution in [2.24, 2.45) is 17.8 Å². The average Bonchev–Trinajstić information content (AvgIpc) is 2.85. The number of hydrogen-bond donors (Lipinski definition) is 0. The van der Waals surface area contributed by atoms with Crippen molar-refractivity contribution < 1.29 is 4.79 Å². The lowest BCUT2D eigenvalue weighted by Crippen LogP contribution is -2.31. The van der Waals surface area contributed by atoms with Crippen molar-refractivity contribution in [1.29, 1.82) is 0 Å². The van der Waals surface area contributed by atoms with Crippen molar-refractivity contribution >= 4 is 6.29 Å². The van der Waals surface area contributed by atoms with Crippen LogP contribution in [0, 0.1) is 17.8 Å². The van der Waals surface area contributed by atoms with Crippen LogP contribution in [0.5, 0.6) is 0 Å². The summed E-state index contributed by atoms with van der Waals surface area (Å²) >= 11 is 0. The Labute approximate surface area is 73.9 Å². The highest BCUT2D eigenvalue weighted by Crippen LogP contribution is 2.46. The van der Waals surface area contributed by atoms with E-state index >= 15 is 0 Å². The van der Waals surface area contributed by atoms with Crippen molar-refractivity contribution in [2.45, 2.75) is 19.3 Å². The topological polar surface area (TPSA) is 20.3 Å². The second kappa shape index (κ2) is 3.17. The summed E-state index contributed by atoms with van der Waals surface area (Å²) < 4.78 is 0. The highest BCUT2D eigenvalue weighted by Gasteiger charge is 2.42. The average molecular weight is 167 g/mol. The van der Waals surface area contributed by atoms with E-state index < -0.39 is 0 Å². The molecule has 0 N–H and O–H groups in total. The van der Waals surface area contributed by atoms with Crippen LogP contribution in [-0.4, -0.2) is 31.3 Å². The lowest BCUT2D eigenvalue weighted by molar-refractivity contribution is -0.109. The number of nitrogens with zero attached hydrogens (tertiary/aromatic N) is 1. The fourth-order valence-electron chi connectivity index (χ4n) is 2.39. The first-order valence-corrected chi connectivity index (χ1v) is 4.95. The van der Waals surface area contributed by atoms with Gasteiger partial charge in [0, 0.05) is 5.92 Å². The number of carbonyl (C=O) groups excluding carboxylic acids is 1. The van der Waals surface area contributed by atoms with Gasteiger partial charge in [0.2, 0.25) is 0 Å². The van der Waals surface area contributed by atoms with Gasteiger partial charge in [-0.2, -0.15) is 0 Å². The van der Waals surface area contributed by atoms with Crippen molar-refractivity contribution in [2.75, 3.05) is 20.1 Å². The molecule has 0 spiro atoms. The molecule has 0 radical (unpaired) electrons. The summed E-state index contributed by atoms with van der Waals surface area (Å²) in [7, 11) is 2.18.